The number of nitrogens with one attached hydrogen (secondary N) is 1. The molecule has 0 saturated heterocycles. The van der Waals surface area contributed by atoms with Crippen LogP contribution < -0.4 is 10.1 Å². The molecule has 0 fully saturated rings. The lowest BCUT2D eigenvalue weighted by Crippen LogP contribution is -2.17. The number of hydrogen-bond donors (Lipinski definition) is 1. The van der Waals surface area contributed by atoms with Crippen LogP contribution in [-0.4, -0.2) is 12.1 Å². The molecule has 0 spiro atoms. The van der Waals surface area contributed by atoms with E-state index < -0.39 is 0 Å². The maximum atomic E-state index is 5.10. The quantitative estimate of drug-likeness (QED) is 0.883. The first-order valence-electron chi connectivity index (χ1n) is 5.56. The summed E-state index contributed by atoms with van der Waals surface area (Å²) in [6, 6.07) is 10.4. The highest BCUT2D eigenvalue weighted by atomic mass is 32.1. The minimum atomic E-state index is 0.350. The van der Waals surface area contributed by atoms with Gasteiger partial charge in [0.1, 0.15) is 0 Å². The van der Waals surface area contributed by atoms with Gasteiger partial charge in [-0.2, -0.15) is 0 Å². The minimum Gasteiger partial charge on any atom is -0.481 e. The first-order chi connectivity index (χ1) is 8.29. The van der Waals surface area contributed by atoms with Gasteiger partial charge in [-0.25, -0.2) is 4.98 Å². The van der Waals surface area contributed by atoms with E-state index in [2.05, 4.69) is 34.7 Å². The third-order valence-corrected chi connectivity index (χ3v) is 3.60. The molecule has 2 rings (SSSR count). The van der Waals surface area contributed by atoms with Crippen LogP contribution >= 0.6 is 11.3 Å². The van der Waals surface area contributed by atoms with Crippen LogP contribution in [0, 0.1) is 0 Å². The third kappa shape index (κ3) is 3.28. The Bertz CT molecular complexity index is 456. The predicted octanol–water partition coefficient (Wildman–Crippen LogP) is 3.00. The van der Waals surface area contributed by atoms with Crippen LogP contribution in [-0.2, 0) is 6.54 Å². The van der Waals surface area contributed by atoms with Crippen LogP contribution in [0.1, 0.15) is 23.5 Å². The molecule has 3 nitrogen and oxygen atoms in total. The fraction of sp³-hybridized carbons (Fsp3) is 0.308. The Balaban J connectivity index is 1.93. The van der Waals surface area contributed by atoms with Crippen LogP contribution in [0.5, 0.6) is 5.88 Å². The number of pyridine rings is 1. The number of methoxy groups -OCH3 is 1. The molecular formula is C13H16N2OS. The normalized spacial score (nSPS) is 12.4. The van der Waals surface area contributed by atoms with Gasteiger partial charge < -0.3 is 10.1 Å². The Kier molecular flexibility index (Phi) is 4.12. The predicted molar refractivity (Wildman–Crippen MR) is 70.4 cm³/mol. The molecule has 0 aliphatic heterocycles. The first kappa shape index (κ1) is 12.1. The molecule has 2 heterocycles. The topological polar surface area (TPSA) is 34.1 Å². The second-order valence-corrected chi connectivity index (χ2v) is 4.77. The van der Waals surface area contributed by atoms with Gasteiger partial charge in [0.15, 0.2) is 0 Å². The van der Waals surface area contributed by atoms with E-state index in [1.807, 2.05) is 18.2 Å². The van der Waals surface area contributed by atoms with Gasteiger partial charge in [-0.05, 0) is 24.4 Å². The number of rotatable bonds is 5. The van der Waals surface area contributed by atoms with E-state index in [0.717, 1.165) is 12.2 Å². The van der Waals surface area contributed by atoms with Crippen molar-refractivity contribution < 1.29 is 4.74 Å². The molecule has 0 bridgehead atoms. The van der Waals surface area contributed by atoms with Crippen LogP contribution in [0.3, 0.4) is 0 Å². The van der Waals surface area contributed by atoms with Crippen LogP contribution in [0.15, 0.2) is 35.7 Å². The van der Waals surface area contributed by atoms with Gasteiger partial charge in [-0.1, -0.05) is 12.1 Å². The first-order valence-corrected chi connectivity index (χ1v) is 6.44. The fourth-order valence-corrected chi connectivity index (χ4v) is 2.32. The Hall–Kier alpha value is -1.39. The monoisotopic (exact) mass is 248 g/mol. The van der Waals surface area contributed by atoms with Crippen molar-refractivity contribution in [3.8, 4) is 5.88 Å². The van der Waals surface area contributed by atoms with Crippen LogP contribution in [0.25, 0.3) is 0 Å². The second kappa shape index (κ2) is 5.80. The molecule has 17 heavy (non-hydrogen) atoms. The van der Waals surface area contributed by atoms with Gasteiger partial charge in [0, 0.05) is 23.5 Å². The van der Waals surface area contributed by atoms with E-state index in [4.69, 9.17) is 4.74 Å². The van der Waals surface area contributed by atoms with E-state index in [9.17, 15) is 0 Å². The van der Waals surface area contributed by atoms with E-state index in [-0.39, 0.29) is 0 Å². The maximum absolute atomic E-state index is 5.10. The number of aromatic nitrogens is 1. The van der Waals surface area contributed by atoms with Gasteiger partial charge in [0.2, 0.25) is 5.88 Å². The molecule has 0 unspecified atom stereocenters. The van der Waals surface area contributed by atoms with Crippen molar-refractivity contribution in [2.45, 2.75) is 19.5 Å². The third-order valence-electron chi connectivity index (χ3n) is 2.55. The van der Waals surface area contributed by atoms with E-state index >= 15 is 0 Å². The van der Waals surface area contributed by atoms with E-state index in [1.165, 1.54) is 4.88 Å². The summed E-state index contributed by atoms with van der Waals surface area (Å²) < 4.78 is 5.10. The van der Waals surface area contributed by atoms with Crippen molar-refractivity contribution in [3.05, 3.63) is 46.3 Å². The molecule has 90 valence electrons. The number of hydrogen-bond acceptors (Lipinski definition) is 4. The number of ether oxygens (including phenoxy) is 1. The highest BCUT2D eigenvalue weighted by Crippen LogP contribution is 2.18. The average molecular weight is 248 g/mol. The van der Waals surface area contributed by atoms with Crippen molar-refractivity contribution in [2.75, 3.05) is 7.11 Å². The summed E-state index contributed by atoms with van der Waals surface area (Å²) in [7, 11) is 1.63. The Morgan fingerprint density at radius 2 is 2.24 bits per heavy atom. The molecule has 0 aromatic carbocycles. The molecule has 0 aliphatic rings. The maximum Gasteiger partial charge on any atom is 0.213 e. The molecule has 2 aromatic heterocycles. The van der Waals surface area contributed by atoms with Crippen molar-refractivity contribution >= 4 is 11.3 Å². The lowest BCUT2D eigenvalue weighted by atomic mass is 10.2. The SMILES string of the molecule is COc1cccc(CN[C@@H](C)c2cccs2)n1. The number of thiophene rings is 1. The van der Waals surface area contributed by atoms with Crippen molar-refractivity contribution in [3.63, 3.8) is 0 Å². The molecule has 0 radical (unpaired) electrons. The largest absolute Gasteiger partial charge is 0.481 e. The molecule has 0 amide bonds. The zero-order chi connectivity index (χ0) is 12.1. The molecule has 2 aromatic rings. The van der Waals surface area contributed by atoms with E-state index in [0.29, 0.717) is 11.9 Å². The smallest absolute Gasteiger partial charge is 0.213 e. The average Bonchev–Trinajstić information content (AvgIpc) is 2.90. The summed E-state index contributed by atoms with van der Waals surface area (Å²) in [6.07, 6.45) is 0. The van der Waals surface area contributed by atoms with E-state index in [1.54, 1.807) is 18.4 Å². The summed E-state index contributed by atoms with van der Waals surface area (Å²) in [5, 5.41) is 5.54. The van der Waals surface area contributed by atoms with Crippen molar-refractivity contribution in [1.29, 1.82) is 0 Å². The second-order valence-electron chi connectivity index (χ2n) is 3.79. The van der Waals surface area contributed by atoms with Crippen molar-refractivity contribution in [2.24, 2.45) is 0 Å². The van der Waals surface area contributed by atoms with Crippen molar-refractivity contribution in [1.82, 2.24) is 10.3 Å². The summed E-state index contributed by atoms with van der Waals surface area (Å²) in [5.74, 6) is 0.660. The zero-order valence-electron chi connectivity index (χ0n) is 10.0. The molecule has 1 N–H and O–H groups in total. The Labute approximate surface area is 105 Å². The minimum absolute atomic E-state index is 0.350. The summed E-state index contributed by atoms with van der Waals surface area (Å²) in [4.78, 5) is 5.70. The van der Waals surface area contributed by atoms with Gasteiger partial charge >= 0.3 is 0 Å². The zero-order valence-corrected chi connectivity index (χ0v) is 10.8. The molecule has 1 atom stereocenters. The molecular weight excluding hydrogens is 232 g/mol. The Morgan fingerprint density at radius 1 is 1.35 bits per heavy atom. The molecule has 0 saturated carbocycles. The fourth-order valence-electron chi connectivity index (χ4n) is 1.57. The van der Waals surface area contributed by atoms with Gasteiger partial charge in [0.05, 0.1) is 12.8 Å². The summed E-state index contributed by atoms with van der Waals surface area (Å²) >= 11 is 1.77. The molecule has 0 aliphatic carbocycles. The lowest BCUT2D eigenvalue weighted by Gasteiger charge is -2.11. The lowest BCUT2D eigenvalue weighted by molar-refractivity contribution is 0.395. The Morgan fingerprint density at radius 3 is 2.94 bits per heavy atom. The van der Waals surface area contributed by atoms with Gasteiger partial charge in [-0.15, -0.1) is 11.3 Å². The van der Waals surface area contributed by atoms with Crippen LogP contribution in [0.2, 0.25) is 0 Å². The van der Waals surface area contributed by atoms with Crippen LogP contribution in [0.4, 0.5) is 0 Å². The standard InChI is InChI=1S/C13H16N2OS/c1-10(12-6-4-8-17-12)14-9-11-5-3-7-13(15-11)16-2/h3-8,10,14H,9H2,1-2H3/t10-/m0/s1. The highest BCUT2D eigenvalue weighted by molar-refractivity contribution is 7.10. The molecule has 4 heteroatoms. The highest BCUT2D eigenvalue weighted by Gasteiger charge is 2.06. The summed E-state index contributed by atoms with van der Waals surface area (Å²) in [6.45, 7) is 2.91. The summed E-state index contributed by atoms with van der Waals surface area (Å²) in [5.41, 5.74) is 0.993. The van der Waals surface area contributed by atoms with Gasteiger partial charge in [0.25, 0.3) is 0 Å². The number of nitrogens with zero attached hydrogens (tertiary/aromatic N) is 1. The van der Waals surface area contributed by atoms with Gasteiger partial charge in [-0.3, -0.25) is 0 Å².